The van der Waals surface area contributed by atoms with Crippen molar-refractivity contribution in [2.24, 2.45) is 0 Å². The molecule has 2 aliphatic rings. The normalized spacial score (nSPS) is 31.0. The molecule has 24 heavy (non-hydrogen) atoms. The number of benzene rings is 1. The summed E-state index contributed by atoms with van der Waals surface area (Å²) < 4.78 is 23.5. The van der Waals surface area contributed by atoms with Gasteiger partial charge in [-0.3, -0.25) is 4.79 Å². The summed E-state index contributed by atoms with van der Waals surface area (Å²) in [6.45, 7) is 6.11. The van der Waals surface area contributed by atoms with Crippen molar-refractivity contribution in [1.82, 2.24) is 4.90 Å². The van der Waals surface area contributed by atoms with Crippen LogP contribution in [0.5, 0.6) is 0 Å². The fourth-order valence-corrected chi connectivity index (χ4v) is 3.24. The van der Waals surface area contributed by atoms with Crippen LogP contribution in [0.1, 0.15) is 26.3 Å². The Hall–Kier alpha value is -1.47. The predicted molar refractivity (Wildman–Crippen MR) is 87.0 cm³/mol. The van der Waals surface area contributed by atoms with Crippen LogP contribution in [0.25, 0.3) is 0 Å². The van der Waals surface area contributed by atoms with Gasteiger partial charge in [-0.15, -0.1) is 0 Å². The lowest BCUT2D eigenvalue weighted by molar-refractivity contribution is -0.216. The van der Waals surface area contributed by atoms with Gasteiger partial charge in [-0.2, -0.15) is 0 Å². The van der Waals surface area contributed by atoms with Gasteiger partial charge in [0.15, 0.2) is 12.1 Å². The van der Waals surface area contributed by atoms with Crippen LogP contribution in [0.15, 0.2) is 30.3 Å². The molecule has 2 aliphatic heterocycles. The van der Waals surface area contributed by atoms with Crippen LogP contribution in [0, 0.1) is 0 Å². The third-order valence-electron chi connectivity index (χ3n) is 4.45. The van der Waals surface area contributed by atoms with Gasteiger partial charge in [-0.25, -0.2) is 0 Å². The predicted octanol–water partition coefficient (Wildman–Crippen LogP) is 1.93. The molecule has 2 fully saturated rings. The van der Waals surface area contributed by atoms with Gasteiger partial charge in [0.25, 0.3) is 0 Å². The van der Waals surface area contributed by atoms with Crippen LogP contribution < -0.4 is 0 Å². The maximum atomic E-state index is 11.9. The SMILES string of the molecule is CC(=O)N(C)C1C(COCc2ccccc2)OC2OC(C)(C)OC21. The highest BCUT2D eigenvalue weighted by Crippen LogP contribution is 2.39. The van der Waals surface area contributed by atoms with Gasteiger partial charge in [0.2, 0.25) is 5.91 Å². The van der Waals surface area contributed by atoms with E-state index in [1.165, 1.54) is 6.92 Å². The van der Waals surface area contributed by atoms with Crippen molar-refractivity contribution in [3.05, 3.63) is 35.9 Å². The van der Waals surface area contributed by atoms with Crippen LogP contribution in [0.4, 0.5) is 0 Å². The van der Waals surface area contributed by atoms with E-state index < -0.39 is 12.1 Å². The fraction of sp³-hybridized carbons (Fsp3) is 0.611. The van der Waals surface area contributed by atoms with Crippen LogP contribution in [-0.4, -0.2) is 54.8 Å². The zero-order chi connectivity index (χ0) is 17.3. The Labute approximate surface area is 142 Å². The zero-order valence-electron chi connectivity index (χ0n) is 14.6. The summed E-state index contributed by atoms with van der Waals surface area (Å²) in [6.07, 6.45) is -1.06. The zero-order valence-corrected chi connectivity index (χ0v) is 14.6. The highest BCUT2D eigenvalue weighted by molar-refractivity contribution is 5.73. The number of nitrogens with zero attached hydrogens (tertiary/aromatic N) is 1. The minimum atomic E-state index is -0.707. The van der Waals surface area contributed by atoms with Gasteiger partial charge in [0.1, 0.15) is 12.2 Å². The first-order valence-electron chi connectivity index (χ1n) is 8.23. The molecule has 2 heterocycles. The number of likely N-dealkylation sites (N-methyl/N-ethyl adjacent to an activating group) is 1. The molecular formula is C18H25NO5. The van der Waals surface area contributed by atoms with E-state index in [2.05, 4.69) is 0 Å². The Bertz CT molecular complexity index is 576. The Balaban J connectivity index is 1.64. The lowest BCUT2D eigenvalue weighted by Crippen LogP contribution is -2.49. The van der Waals surface area contributed by atoms with E-state index in [0.717, 1.165) is 5.56 Å². The minimum Gasteiger partial charge on any atom is -0.374 e. The van der Waals surface area contributed by atoms with E-state index >= 15 is 0 Å². The topological polar surface area (TPSA) is 57.2 Å². The van der Waals surface area contributed by atoms with E-state index in [1.807, 2.05) is 44.2 Å². The van der Waals surface area contributed by atoms with E-state index in [-0.39, 0.29) is 24.2 Å². The second-order valence-corrected chi connectivity index (χ2v) is 6.76. The number of rotatable bonds is 5. The molecule has 6 heteroatoms. The standard InChI is InChI=1S/C18H25NO5/c1-12(20)19(4)15-14(11-21-10-13-8-6-5-7-9-13)22-17-16(15)23-18(2,3)24-17/h5-9,14-17H,10-11H2,1-4H3. The van der Waals surface area contributed by atoms with Crippen molar-refractivity contribution in [2.75, 3.05) is 13.7 Å². The number of ether oxygens (including phenoxy) is 4. The molecule has 3 rings (SSSR count). The number of fused-ring (bicyclic) bond motifs is 1. The molecule has 4 atom stereocenters. The molecular weight excluding hydrogens is 310 g/mol. The van der Waals surface area contributed by atoms with E-state index in [4.69, 9.17) is 18.9 Å². The van der Waals surface area contributed by atoms with E-state index in [9.17, 15) is 4.79 Å². The van der Waals surface area contributed by atoms with Crippen molar-refractivity contribution >= 4 is 5.91 Å². The molecule has 0 radical (unpaired) electrons. The summed E-state index contributed by atoms with van der Waals surface area (Å²) >= 11 is 0. The van der Waals surface area contributed by atoms with Gasteiger partial charge >= 0.3 is 0 Å². The Morgan fingerprint density at radius 1 is 1.25 bits per heavy atom. The average molecular weight is 335 g/mol. The average Bonchev–Trinajstić information content (AvgIpc) is 2.98. The largest absolute Gasteiger partial charge is 0.374 e. The third kappa shape index (κ3) is 3.62. The molecule has 0 spiro atoms. The van der Waals surface area contributed by atoms with Crippen LogP contribution in [-0.2, 0) is 30.3 Å². The van der Waals surface area contributed by atoms with Gasteiger partial charge in [-0.1, -0.05) is 30.3 Å². The van der Waals surface area contributed by atoms with Crippen LogP contribution >= 0.6 is 0 Å². The Kier molecular flexibility index (Phi) is 4.92. The monoisotopic (exact) mass is 335 g/mol. The smallest absolute Gasteiger partial charge is 0.219 e. The molecule has 0 saturated carbocycles. The number of hydrogen-bond acceptors (Lipinski definition) is 5. The maximum absolute atomic E-state index is 11.9. The minimum absolute atomic E-state index is 0.0365. The van der Waals surface area contributed by atoms with E-state index in [0.29, 0.717) is 13.2 Å². The Morgan fingerprint density at radius 3 is 2.62 bits per heavy atom. The van der Waals surface area contributed by atoms with Gasteiger partial charge < -0.3 is 23.8 Å². The molecule has 0 aromatic heterocycles. The van der Waals surface area contributed by atoms with Gasteiger partial charge in [-0.05, 0) is 19.4 Å². The van der Waals surface area contributed by atoms with Gasteiger partial charge in [0.05, 0.1) is 19.3 Å². The lowest BCUT2D eigenvalue weighted by Gasteiger charge is -2.31. The summed E-state index contributed by atoms with van der Waals surface area (Å²) in [5.74, 6) is -0.744. The first kappa shape index (κ1) is 17.4. The lowest BCUT2D eigenvalue weighted by atomic mass is 10.1. The molecule has 2 saturated heterocycles. The summed E-state index contributed by atoms with van der Waals surface area (Å²) in [5.41, 5.74) is 1.10. The molecule has 132 valence electrons. The number of carbonyl (C=O) groups excluding carboxylic acids is 1. The first-order valence-corrected chi connectivity index (χ1v) is 8.23. The molecule has 0 bridgehead atoms. The molecule has 0 N–H and O–H groups in total. The van der Waals surface area contributed by atoms with Gasteiger partial charge in [0, 0.05) is 14.0 Å². The summed E-state index contributed by atoms with van der Waals surface area (Å²) in [7, 11) is 1.76. The molecule has 1 aromatic carbocycles. The van der Waals surface area contributed by atoms with E-state index in [1.54, 1.807) is 11.9 Å². The summed E-state index contributed by atoms with van der Waals surface area (Å²) in [6, 6.07) is 9.72. The quantitative estimate of drug-likeness (QED) is 0.823. The molecule has 4 unspecified atom stereocenters. The third-order valence-corrected chi connectivity index (χ3v) is 4.45. The summed E-state index contributed by atoms with van der Waals surface area (Å²) in [5, 5.41) is 0. The molecule has 1 aromatic rings. The number of carbonyl (C=O) groups is 1. The fourth-order valence-electron chi connectivity index (χ4n) is 3.24. The van der Waals surface area contributed by atoms with Crippen molar-refractivity contribution in [2.45, 2.75) is 57.7 Å². The maximum Gasteiger partial charge on any atom is 0.219 e. The van der Waals surface area contributed by atoms with Crippen molar-refractivity contribution < 1.29 is 23.7 Å². The second kappa shape index (κ2) is 6.80. The van der Waals surface area contributed by atoms with Crippen molar-refractivity contribution in [1.29, 1.82) is 0 Å². The second-order valence-electron chi connectivity index (χ2n) is 6.76. The summed E-state index contributed by atoms with van der Waals surface area (Å²) in [4.78, 5) is 13.5. The Morgan fingerprint density at radius 2 is 1.96 bits per heavy atom. The number of amides is 1. The number of hydrogen-bond donors (Lipinski definition) is 0. The van der Waals surface area contributed by atoms with Crippen LogP contribution in [0.3, 0.4) is 0 Å². The molecule has 6 nitrogen and oxygen atoms in total. The highest BCUT2D eigenvalue weighted by atomic mass is 16.8. The molecule has 1 amide bonds. The van der Waals surface area contributed by atoms with Crippen molar-refractivity contribution in [3.8, 4) is 0 Å². The highest BCUT2D eigenvalue weighted by Gasteiger charge is 2.56. The molecule has 0 aliphatic carbocycles. The first-order chi connectivity index (χ1) is 11.4. The van der Waals surface area contributed by atoms with Crippen LogP contribution in [0.2, 0.25) is 0 Å². The van der Waals surface area contributed by atoms with Crippen molar-refractivity contribution in [3.63, 3.8) is 0 Å².